The van der Waals surface area contributed by atoms with Crippen LogP contribution in [0.3, 0.4) is 0 Å². The lowest BCUT2D eigenvalue weighted by molar-refractivity contribution is 1.08. The van der Waals surface area contributed by atoms with E-state index in [1.807, 2.05) is 0 Å². The number of hydrogen-bond acceptors (Lipinski definition) is 2. The number of aromatic nitrogens is 2. The second-order valence-corrected chi connectivity index (χ2v) is 15.2. The summed E-state index contributed by atoms with van der Waals surface area (Å²) in [5.74, 6) is 0. The zero-order valence-electron chi connectivity index (χ0n) is 30.6. The van der Waals surface area contributed by atoms with Crippen molar-refractivity contribution in [2.45, 2.75) is 12.8 Å². The van der Waals surface area contributed by atoms with E-state index in [2.05, 4.69) is 180 Å². The topological polar surface area (TPSA) is 25.8 Å². The lowest BCUT2D eigenvalue weighted by Crippen LogP contribution is -1.98. The molecule has 1 aromatic heterocycles. The minimum atomic E-state index is 0.903. The van der Waals surface area contributed by atoms with Gasteiger partial charge in [-0.3, -0.25) is 9.97 Å². The fraction of sp³-hybridized carbons (Fsp3) is 0.0370. The van der Waals surface area contributed by atoms with Crippen molar-refractivity contribution in [3.8, 4) is 44.5 Å². The Morgan fingerprint density at radius 2 is 0.946 bits per heavy atom. The first-order chi connectivity index (χ1) is 27.8. The number of allylic oxidation sites excluding steroid dienone is 4. The van der Waals surface area contributed by atoms with Crippen LogP contribution in [0.15, 0.2) is 182 Å². The third-order valence-electron chi connectivity index (χ3n) is 12.2. The van der Waals surface area contributed by atoms with Crippen molar-refractivity contribution in [1.29, 1.82) is 0 Å². The third kappa shape index (κ3) is 4.69. The Morgan fingerprint density at radius 1 is 0.339 bits per heavy atom. The van der Waals surface area contributed by atoms with Gasteiger partial charge < -0.3 is 0 Å². The van der Waals surface area contributed by atoms with Crippen LogP contribution < -0.4 is 0 Å². The van der Waals surface area contributed by atoms with Crippen molar-refractivity contribution in [2.75, 3.05) is 0 Å². The summed E-state index contributed by atoms with van der Waals surface area (Å²) in [5.41, 5.74) is 17.4. The summed E-state index contributed by atoms with van der Waals surface area (Å²) in [6.45, 7) is 0. The summed E-state index contributed by atoms with van der Waals surface area (Å²) in [6, 6.07) is 58.5. The van der Waals surface area contributed by atoms with Gasteiger partial charge in [-0.25, -0.2) is 0 Å². The molecule has 0 spiro atoms. The lowest BCUT2D eigenvalue weighted by Gasteiger charge is -2.23. The molecular formula is C54H34N2. The number of rotatable bonds is 4. The van der Waals surface area contributed by atoms with Gasteiger partial charge in [0.05, 0.1) is 11.0 Å². The average Bonchev–Trinajstić information content (AvgIpc) is 3.60. The maximum atomic E-state index is 4.65. The highest BCUT2D eigenvalue weighted by atomic mass is 14.8. The van der Waals surface area contributed by atoms with Crippen molar-refractivity contribution in [2.24, 2.45) is 0 Å². The van der Waals surface area contributed by atoms with E-state index in [4.69, 9.17) is 0 Å². The van der Waals surface area contributed by atoms with E-state index in [1.165, 1.54) is 104 Å². The molecule has 10 aromatic rings. The van der Waals surface area contributed by atoms with E-state index in [-0.39, 0.29) is 0 Å². The highest BCUT2D eigenvalue weighted by Gasteiger charge is 2.25. The van der Waals surface area contributed by atoms with Crippen LogP contribution in [-0.4, -0.2) is 9.97 Å². The van der Waals surface area contributed by atoms with Gasteiger partial charge in [0.15, 0.2) is 0 Å². The number of benzene rings is 9. The smallest absolute Gasteiger partial charge is 0.0892 e. The molecule has 2 aliphatic carbocycles. The molecule has 0 radical (unpaired) electrons. The van der Waals surface area contributed by atoms with Crippen LogP contribution in [0.4, 0.5) is 0 Å². The average molecular weight is 711 g/mol. The molecule has 56 heavy (non-hydrogen) atoms. The molecule has 9 aromatic carbocycles. The first kappa shape index (κ1) is 31.2. The van der Waals surface area contributed by atoms with Gasteiger partial charge in [-0.2, -0.15) is 0 Å². The molecule has 0 saturated carbocycles. The van der Waals surface area contributed by atoms with Gasteiger partial charge in [0, 0.05) is 12.4 Å². The fourth-order valence-corrected chi connectivity index (χ4v) is 9.64. The molecule has 2 heteroatoms. The Bertz CT molecular complexity index is 3340. The standard InChI is InChI=1S/C54H34N2/c1-2-9-36-30-37(21-18-33(36)8-1)34-16-19-35(20-17-34)52-43-12-5-6-13-44(43)54(47-26-25-46-41-11-4-3-10-40(41)42-14-7-15-45(47)53(42)46)48-24-22-38(31-49(48)52)39-23-27-50-51(32-39)56-29-28-55-50/h1-16,18-19,21-32H,17,20H2. The monoisotopic (exact) mass is 710 g/mol. The largest absolute Gasteiger partial charge is 0.253 e. The van der Waals surface area contributed by atoms with Gasteiger partial charge >= 0.3 is 0 Å². The summed E-state index contributed by atoms with van der Waals surface area (Å²) in [4.78, 5) is 9.19. The summed E-state index contributed by atoms with van der Waals surface area (Å²) in [7, 11) is 0. The molecule has 0 fully saturated rings. The maximum absolute atomic E-state index is 4.65. The van der Waals surface area contributed by atoms with Crippen LogP contribution in [0.1, 0.15) is 24.0 Å². The van der Waals surface area contributed by atoms with E-state index >= 15 is 0 Å². The molecule has 260 valence electrons. The Morgan fingerprint density at radius 3 is 1.79 bits per heavy atom. The van der Waals surface area contributed by atoms with Crippen LogP contribution in [0, 0.1) is 0 Å². The first-order valence-corrected chi connectivity index (χ1v) is 19.5. The quantitative estimate of drug-likeness (QED) is 0.170. The predicted molar refractivity (Wildman–Crippen MR) is 236 cm³/mol. The zero-order valence-corrected chi connectivity index (χ0v) is 30.6. The maximum Gasteiger partial charge on any atom is 0.0892 e. The van der Waals surface area contributed by atoms with Crippen LogP contribution in [0.2, 0.25) is 0 Å². The minimum Gasteiger partial charge on any atom is -0.253 e. The molecule has 0 unspecified atom stereocenters. The number of fused-ring (bicyclic) bond motifs is 7. The van der Waals surface area contributed by atoms with Gasteiger partial charge in [0.1, 0.15) is 0 Å². The molecule has 0 amide bonds. The van der Waals surface area contributed by atoms with Crippen molar-refractivity contribution in [3.05, 3.63) is 193 Å². The van der Waals surface area contributed by atoms with Gasteiger partial charge in [0.2, 0.25) is 0 Å². The second-order valence-electron chi connectivity index (χ2n) is 15.2. The number of nitrogens with zero attached hydrogens (tertiary/aromatic N) is 2. The van der Waals surface area contributed by atoms with Crippen molar-refractivity contribution < 1.29 is 0 Å². The van der Waals surface area contributed by atoms with Crippen LogP contribution >= 0.6 is 0 Å². The Hall–Kier alpha value is -7.16. The molecule has 0 atom stereocenters. The van der Waals surface area contributed by atoms with Crippen LogP contribution in [-0.2, 0) is 0 Å². The van der Waals surface area contributed by atoms with Gasteiger partial charge in [-0.1, -0.05) is 146 Å². The van der Waals surface area contributed by atoms with E-state index in [0.29, 0.717) is 0 Å². The SMILES string of the molecule is C1=C(c2ccc3ccccc3c2)CCC(c2c3ccccc3c(-c3ccc4c5c(cccc35)-c3ccccc3-4)c3ccc(-c4ccc5nccnc5c4)cc23)=C1. The van der Waals surface area contributed by atoms with Gasteiger partial charge in [-0.05, 0) is 147 Å². The molecule has 12 rings (SSSR count). The van der Waals surface area contributed by atoms with Crippen molar-refractivity contribution in [3.63, 3.8) is 0 Å². The first-order valence-electron chi connectivity index (χ1n) is 19.5. The van der Waals surface area contributed by atoms with E-state index in [0.717, 1.165) is 29.4 Å². The molecule has 2 aliphatic rings. The van der Waals surface area contributed by atoms with Crippen molar-refractivity contribution in [1.82, 2.24) is 9.97 Å². The van der Waals surface area contributed by atoms with Gasteiger partial charge in [-0.15, -0.1) is 0 Å². The van der Waals surface area contributed by atoms with E-state index in [1.54, 1.807) is 12.4 Å². The lowest BCUT2D eigenvalue weighted by atomic mass is 9.81. The molecule has 0 saturated heterocycles. The summed E-state index contributed by atoms with van der Waals surface area (Å²) in [5, 5.41) is 10.3. The van der Waals surface area contributed by atoms with Crippen LogP contribution in [0.5, 0.6) is 0 Å². The predicted octanol–water partition coefficient (Wildman–Crippen LogP) is 14.5. The molecule has 0 N–H and O–H groups in total. The zero-order chi connectivity index (χ0) is 36.7. The fourth-order valence-electron chi connectivity index (χ4n) is 9.64. The molecule has 2 nitrogen and oxygen atoms in total. The van der Waals surface area contributed by atoms with E-state index in [9.17, 15) is 0 Å². The highest BCUT2D eigenvalue weighted by Crippen LogP contribution is 2.52. The molecule has 0 bridgehead atoms. The van der Waals surface area contributed by atoms with Crippen LogP contribution in [0.25, 0.3) is 110 Å². The third-order valence-corrected chi connectivity index (χ3v) is 12.2. The number of hydrogen-bond donors (Lipinski definition) is 0. The second kappa shape index (κ2) is 12.2. The normalized spacial score (nSPS) is 13.4. The van der Waals surface area contributed by atoms with Crippen molar-refractivity contribution >= 4 is 65.3 Å². The summed E-state index contributed by atoms with van der Waals surface area (Å²) < 4.78 is 0. The summed E-state index contributed by atoms with van der Waals surface area (Å²) in [6.07, 6.45) is 10.2. The highest BCUT2D eigenvalue weighted by molar-refractivity contribution is 6.25. The Kier molecular flexibility index (Phi) is 6.79. The molecular weight excluding hydrogens is 677 g/mol. The summed E-state index contributed by atoms with van der Waals surface area (Å²) >= 11 is 0. The Labute approximate surface area is 324 Å². The molecule has 0 aliphatic heterocycles. The van der Waals surface area contributed by atoms with Gasteiger partial charge in [0.25, 0.3) is 0 Å². The van der Waals surface area contributed by atoms with E-state index < -0.39 is 0 Å². The Balaban J connectivity index is 1.12. The minimum absolute atomic E-state index is 0.903. The molecule has 1 heterocycles.